The summed E-state index contributed by atoms with van der Waals surface area (Å²) in [5.74, 6) is 1.40. The Bertz CT molecular complexity index is 1140. The van der Waals surface area contributed by atoms with Gasteiger partial charge in [-0.3, -0.25) is 0 Å². The molecule has 4 bridgehead atoms. The molecule has 0 spiro atoms. The van der Waals surface area contributed by atoms with E-state index in [0.29, 0.717) is 19.1 Å². The summed E-state index contributed by atoms with van der Waals surface area (Å²) in [5.41, 5.74) is 13.3. The zero-order chi connectivity index (χ0) is 24.7. The fourth-order valence-corrected chi connectivity index (χ4v) is 25.6. The fraction of sp³-hybridized carbons (Fsp3) is 0.500. The van der Waals surface area contributed by atoms with Gasteiger partial charge in [-0.15, -0.1) is 0 Å². The van der Waals surface area contributed by atoms with Crippen molar-refractivity contribution in [3.63, 3.8) is 0 Å². The molecule has 2 aromatic carbocycles. The van der Waals surface area contributed by atoms with Gasteiger partial charge in [0.25, 0.3) is 0 Å². The van der Waals surface area contributed by atoms with Gasteiger partial charge in [-0.1, -0.05) is 0 Å². The molecule has 0 saturated carbocycles. The maximum absolute atomic E-state index is 2.76. The molecular formula is C32H44SiZr. The molecule has 0 aromatic heterocycles. The van der Waals surface area contributed by atoms with Crippen molar-refractivity contribution < 1.29 is 20.3 Å². The van der Waals surface area contributed by atoms with Crippen LogP contribution >= 0.6 is 0 Å². The first-order valence-corrected chi connectivity index (χ1v) is 24.3. The molecule has 3 aliphatic rings. The Morgan fingerprint density at radius 2 is 1.09 bits per heavy atom. The van der Waals surface area contributed by atoms with E-state index in [4.69, 9.17) is 0 Å². The van der Waals surface area contributed by atoms with Crippen LogP contribution in [-0.2, 0) is 33.1 Å². The van der Waals surface area contributed by atoms with E-state index in [2.05, 4.69) is 100 Å². The normalized spacial score (nSPS) is 24.0. The Labute approximate surface area is 214 Å². The second-order valence-electron chi connectivity index (χ2n) is 13.5. The van der Waals surface area contributed by atoms with Gasteiger partial charge in [0.2, 0.25) is 0 Å². The van der Waals surface area contributed by atoms with Crippen molar-refractivity contribution in [2.45, 2.75) is 84.0 Å². The van der Waals surface area contributed by atoms with E-state index < -0.39 is 28.3 Å². The fourth-order valence-electron chi connectivity index (χ4n) is 8.39. The first-order valence-electron chi connectivity index (χ1n) is 13.5. The van der Waals surface area contributed by atoms with Crippen molar-refractivity contribution in [2.75, 3.05) is 0 Å². The quantitative estimate of drug-likeness (QED) is 0.334. The van der Waals surface area contributed by atoms with E-state index in [1.807, 2.05) is 0 Å². The minimum absolute atomic E-state index is 0.701. The summed E-state index contributed by atoms with van der Waals surface area (Å²) < 4.78 is 6.95. The van der Waals surface area contributed by atoms with Crippen LogP contribution in [0.1, 0.15) is 82.2 Å². The minimum atomic E-state index is -2.69. The Balaban J connectivity index is 1.77. The first kappa shape index (κ1) is 24.7. The Morgan fingerprint density at radius 3 is 1.44 bits per heavy atom. The van der Waals surface area contributed by atoms with Crippen LogP contribution in [0, 0.1) is 11.8 Å². The van der Waals surface area contributed by atoms with Gasteiger partial charge in [-0.25, -0.2) is 0 Å². The van der Waals surface area contributed by atoms with Crippen LogP contribution in [0.25, 0.3) is 10.4 Å². The van der Waals surface area contributed by atoms with Crippen molar-refractivity contribution in [1.82, 2.24) is 0 Å². The molecule has 2 aromatic rings. The molecule has 0 N–H and O–H groups in total. The maximum atomic E-state index is 2.76. The molecule has 0 fully saturated rings. The Hall–Kier alpha value is -0.980. The second kappa shape index (κ2) is 8.27. The van der Waals surface area contributed by atoms with Crippen LogP contribution in [0.2, 0.25) is 22.4 Å². The van der Waals surface area contributed by atoms with Crippen molar-refractivity contribution in [2.24, 2.45) is 11.8 Å². The summed E-state index contributed by atoms with van der Waals surface area (Å²) >= 11 is -2.69. The van der Waals surface area contributed by atoms with Crippen molar-refractivity contribution in [3.8, 4) is 0 Å². The number of benzene rings is 2. The molecule has 0 radical (unpaired) electrons. The molecule has 2 unspecified atom stereocenters. The molecule has 5 rings (SSSR count). The van der Waals surface area contributed by atoms with E-state index in [-0.39, 0.29) is 0 Å². The van der Waals surface area contributed by atoms with Gasteiger partial charge >= 0.3 is 215 Å². The molecule has 0 nitrogen and oxygen atoms in total. The second-order valence-corrected chi connectivity index (χ2v) is 29.5. The molecule has 180 valence electrons. The molecule has 1 aliphatic heterocycles. The van der Waals surface area contributed by atoms with Gasteiger partial charge < -0.3 is 0 Å². The summed E-state index contributed by atoms with van der Waals surface area (Å²) in [6.07, 6.45) is 2.37. The topological polar surface area (TPSA) is 0 Å². The van der Waals surface area contributed by atoms with Crippen molar-refractivity contribution in [1.29, 1.82) is 0 Å². The molecule has 34 heavy (non-hydrogen) atoms. The van der Waals surface area contributed by atoms with Crippen LogP contribution in [0.3, 0.4) is 0 Å². The van der Waals surface area contributed by atoms with Crippen molar-refractivity contribution >= 4 is 18.5 Å². The molecule has 2 aliphatic carbocycles. The monoisotopic (exact) mass is 546 g/mol. The Kier molecular flexibility index (Phi) is 6.01. The van der Waals surface area contributed by atoms with E-state index in [0.717, 1.165) is 0 Å². The van der Waals surface area contributed by atoms with Crippen LogP contribution in [-0.4, -0.2) is 8.07 Å². The number of allylic oxidation sites excluding steroid dienone is 2. The van der Waals surface area contributed by atoms with Crippen LogP contribution in [0.5, 0.6) is 0 Å². The Morgan fingerprint density at radius 1 is 0.706 bits per heavy atom. The first-order chi connectivity index (χ1) is 15.9. The number of rotatable bonds is 4. The number of hydrogen-bond acceptors (Lipinski definition) is 0. The van der Waals surface area contributed by atoms with Gasteiger partial charge in [0.05, 0.1) is 0 Å². The molecule has 1 heterocycles. The summed E-state index contributed by atoms with van der Waals surface area (Å²) in [7, 11) is -1.87. The molecule has 0 saturated heterocycles. The molecule has 2 atom stereocenters. The predicted molar refractivity (Wildman–Crippen MR) is 150 cm³/mol. The van der Waals surface area contributed by atoms with E-state index in [1.54, 1.807) is 43.8 Å². The van der Waals surface area contributed by atoms with Gasteiger partial charge in [0, 0.05) is 0 Å². The predicted octanol–water partition coefficient (Wildman–Crippen LogP) is 9.49. The van der Waals surface area contributed by atoms with E-state index >= 15 is 0 Å². The van der Waals surface area contributed by atoms with Gasteiger partial charge in [0.1, 0.15) is 0 Å². The standard InChI is InChI=1S/C30H38Si.2CH3.Zr/c1-19(2)13-23-9-11-25-15-21(5)29(27(25)17-23)31(7,8)30-22(6)16-26-12-10-24(14-20(3)4)18-28(26)30;;;/h9-12,15-20H,13-14H2,1-8H3;2*1H3;. The van der Waals surface area contributed by atoms with Gasteiger partial charge in [-0.05, 0) is 0 Å². The summed E-state index contributed by atoms with van der Waals surface area (Å²) in [6, 6.07) is 15.3. The average molecular weight is 548 g/mol. The number of fused-ring (bicyclic) bond motifs is 8. The van der Waals surface area contributed by atoms with E-state index in [1.165, 1.54) is 24.0 Å². The third kappa shape index (κ3) is 3.53. The summed E-state index contributed by atoms with van der Waals surface area (Å²) in [4.78, 5) is 0. The SMILES string of the molecule is CC1=C2c3cc(CC(C)C)ccc3[CH]1[Zr]([CH3])([CH3])[CH]1C(C)=C(c3cc(CC(C)C)ccc31)[Si]2(C)C. The zero-order valence-corrected chi connectivity index (χ0v) is 26.6. The van der Waals surface area contributed by atoms with Crippen LogP contribution in [0.15, 0.2) is 47.5 Å². The van der Waals surface area contributed by atoms with Gasteiger partial charge in [0.15, 0.2) is 0 Å². The van der Waals surface area contributed by atoms with E-state index in [9.17, 15) is 0 Å². The molecule has 2 heteroatoms. The third-order valence-corrected chi connectivity index (χ3v) is 23.9. The van der Waals surface area contributed by atoms with Crippen molar-refractivity contribution in [3.05, 3.63) is 80.9 Å². The van der Waals surface area contributed by atoms with Gasteiger partial charge in [-0.2, -0.15) is 0 Å². The molecule has 0 amide bonds. The third-order valence-electron chi connectivity index (χ3n) is 9.08. The van der Waals surface area contributed by atoms with Crippen LogP contribution < -0.4 is 0 Å². The molecular weight excluding hydrogens is 504 g/mol. The zero-order valence-electron chi connectivity index (χ0n) is 23.2. The summed E-state index contributed by atoms with van der Waals surface area (Å²) in [6.45, 7) is 19.8. The van der Waals surface area contributed by atoms with Crippen LogP contribution in [0.4, 0.5) is 0 Å². The number of hydrogen-bond donors (Lipinski definition) is 0. The summed E-state index contributed by atoms with van der Waals surface area (Å²) in [5, 5.41) is 3.58. The average Bonchev–Trinajstić information content (AvgIpc) is 3.17.